The first-order chi connectivity index (χ1) is 8.20. The molecule has 0 aliphatic carbocycles. The molecule has 0 heterocycles. The fourth-order valence-corrected chi connectivity index (χ4v) is 1.53. The number of nitrogens with one attached hydrogen (secondary N) is 1. The Hall–Kier alpha value is -1.84. The summed E-state index contributed by atoms with van der Waals surface area (Å²) in [6, 6.07) is 5.43. The molecule has 18 heavy (non-hydrogen) atoms. The third-order valence-corrected chi connectivity index (χ3v) is 2.41. The molecule has 4 nitrogen and oxygen atoms in total. The lowest BCUT2D eigenvalue weighted by Gasteiger charge is -2.21. The molecule has 1 amide bonds. The van der Waals surface area contributed by atoms with E-state index in [2.05, 4.69) is 26.1 Å². The molecule has 0 aromatic heterocycles. The maximum absolute atomic E-state index is 11.2. The summed E-state index contributed by atoms with van der Waals surface area (Å²) in [4.78, 5) is 22.2. The van der Waals surface area contributed by atoms with Gasteiger partial charge in [-0.3, -0.25) is 9.59 Å². The van der Waals surface area contributed by atoms with Crippen LogP contribution in [0.2, 0.25) is 0 Å². The Morgan fingerprint density at radius 1 is 1.17 bits per heavy atom. The SMILES string of the molecule is CC(=O)Nc1cc(C(C)(C)C)ccc1OC(C)=O. The Labute approximate surface area is 107 Å². The molecule has 1 aromatic carbocycles. The minimum Gasteiger partial charge on any atom is -0.424 e. The number of rotatable bonds is 2. The van der Waals surface area contributed by atoms with Crippen molar-refractivity contribution in [1.82, 2.24) is 0 Å². The Morgan fingerprint density at radius 3 is 2.22 bits per heavy atom. The molecule has 0 radical (unpaired) electrons. The van der Waals surface area contributed by atoms with Gasteiger partial charge in [-0.05, 0) is 23.1 Å². The van der Waals surface area contributed by atoms with E-state index < -0.39 is 5.97 Å². The topological polar surface area (TPSA) is 55.4 Å². The average molecular weight is 249 g/mol. The van der Waals surface area contributed by atoms with Crippen LogP contribution >= 0.6 is 0 Å². The standard InChI is InChI=1S/C14H19NO3/c1-9(16)15-12-8-11(14(3,4)5)6-7-13(12)18-10(2)17/h6-8H,1-5H3,(H,15,16). The average Bonchev–Trinajstić information content (AvgIpc) is 2.17. The number of amides is 1. The molecule has 0 spiro atoms. The van der Waals surface area contributed by atoms with E-state index in [9.17, 15) is 9.59 Å². The molecule has 0 aliphatic heterocycles. The van der Waals surface area contributed by atoms with Crippen LogP contribution in [-0.2, 0) is 15.0 Å². The molecule has 1 N–H and O–H groups in total. The van der Waals surface area contributed by atoms with Crippen molar-refractivity contribution in [2.45, 2.75) is 40.0 Å². The van der Waals surface area contributed by atoms with E-state index in [4.69, 9.17) is 4.74 Å². The second-order valence-electron chi connectivity index (χ2n) is 5.24. The van der Waals surface area contributed by atoms with Crippen LogP contribution in [0, 0.1) is 0 Å². The first-order valence-corrected chi connectivity index (χ1v) is 5.80. The van der Waals surface area contributed by atoms with Gasteiger partial charge in [0.15, 0.2) is 5.75 Å². The molecule has 0 unspecified atom stereocenters. The lowest BCUT2D eigenvalue weighted by Crippen LogP contribution is -2.14. The largest absolute Gasteiger partial charge is 0.424 e. The first-order valence-electron chi connectivity index (χ1n) is 5.80. The lowest BCUT2D eigenvalue weighted by atomic mass is 9.87. The van der Waals surface area contributed by atoms with Crippen molar-refractivity contribution in [3.05, 3.63) is 23.8 Å². The van der Waals surface area contributed by atoms with E-state index in [1.165, 1.54) is 13.8 Å². The number of esters is 1. The van der Waals surface area contributed by atoms with E-state index in [0.717, 1.165) is 5.56 Å². The molecule has 0 aliphatic rings. The van der Waals surface area contributed by atoms with Crippen molar-refractivity contribution in [1.29, 1.82) is 0 Å². The summed E-state index contributed by atoms with van der Waals surface area (Å²) in [7, 11) is 0. The van der Waals surface area contributed by atoms with Gasteiger partial charge in [-0.15, -0.1) is 0 Å². The number of anilines is 1. The normalized spacial score (nSPS) is 10.9. The lowest BCUT2D eigenvalue weighted by molar-refractivity contribution is -0.131. The molecule has 0 fully saturated rings. The number of benzene rings is 1. The second kappa shape index (κ2) is 5.21. The van der Waals surface area contributed by atoms with Crippen LogP contribution in [0.1, 0.15) is 40.2 Å². The molecule has 0 atom stereocenters. The molecule has 0 saturated heterocycles. The second-order valence-corrected chi connectivity index (χ2v) is 5.24. The summed E-state index contributed by atoms with van der Waals surface area (Å²) < 4.78 is 5.06. The van der Waals surface area contributed by atoms with Crippen LogP contribution in [0.5, 0.6) is 5.75 Å². The minimum absolute atomic E-state index is 0.0397. The molecule has 1 aromatic rings. The van der Waals surface area contributed by atoms with Crippen LogP contribution in [0.4, 0.5) is 5.69 Å². The highest BCUT2D eigenvalue weighted by Gasteiger charge is 2.17. The van der Waals surface area contributed by atoms with Gasteiger partial charge in [0.25, 0.3) is 0 Å². The van der Waals surface area contributed by atoms with Gasteiger partial charge in [0.05, 0.1) is 5.69 Å². The minimum atomic E-state index is -0.412. The zero-order valence-electron chi connectivity index (χ0n) is 11.5. The van der Waals surface area contributed by atoms with Gasteiger partial charge in [-0.2, -0.15) is 0 Å². The smallest absolute Gasteiger partial charge is 0.308 e. The van der Waals surface area contributed by atoms with Gasteiger partial charge in [0.1, 0.15) is 0 Å². The maximum Gasteiger partial charge on any atom is 0.308 e. The van der Waals surface area contributed by atoms with E-state index in [1.54, 1.807) is 6.07 Å². The third-order valence-electron chi connectivity index (χ3n) is 2.41. The van der Waals surface area contributed by atoms with Gasteiger partial charge in [-0.1, -0.05) is 26.8 Å². The fourth-order valence-electron chi connectivity index (χ4n) is 1.53. The number of hydrogen-bond acceptors (Lipinski definition) is 3. The molecule has 0 saturated carbocycles. The van der Waals surface area contributed by atoms with E-state index in [0.29, 0.717) is 11.4 Å². The molecule has 0 bridgehead atoms. The first kappa shape index (κ1) is 14.2. The number of ether oxygens (including phenoxy) is 1. The summed E-state index contributed by atoms with van der Waals surface area (Å²) in [5, 5.41) is 2.68. The predicted octanol–water partition coefficient (Wildman–Crippen LogP) is 2.87. The summed E-state index contributed by atoms with van der Waals surface area (Å²) in [5.41, 5.74) is 1.54. The highest BCUT2D eigenvalue weighted by molar-refractivity contribution is 5.91. The third kappa shape index (κ3) is 3.87. The number of hydrogen-bond donors (Lipinski definition) is 1. The van der Waals surface area contributed by atoms with Crippen molar-refractivity contribution in [3.8, 4) is 5.75 Å². The zero-order chi connectivity index (χ0) is 13.9. The quantitative estimate of drug-likeness (QED) is 0.647. The molecule has 4 heteroatoms. The molecule has 1 rings (SSSR count). The van der Waals surface area contributed by atoms with Gasteiger partial charge in [-0.25, -0.2) is 0 Å². The van der Waals surface area contributed by atoms with E-state index >= 15 is 0 Å². The zero-order valence-corrected chi connectivity index (χ0v) is 11.5. The number of carbonyl (C=O) groups excluding carboxylic acids is 2. The molecular weight excluding hydrogens is 230 g/mol. The van der Waals surface area contributed by atoms with Crippen molar-refractivity contribution in [2.75, 3.05) is 5.32 Å². The number of carbonyl (C=O) groups is 2. The Bertz CT molecular complexity index is 472. The van der Waals surface area contributed by atoms with Crippen molar-refractivity contribution in [3.63, 3.8) is 0 Å². The Morgan fingerprint density at radius 2 is 1.78 bits per heavy atom. The van der Waals surface area contributed by atoms with Gasteiger partial charge in [0.2, 0.25) is 5.91 Å². The predicted molar refractivity (Wildman–Crippen MR) is 70.8 cm³/mol. The van der Waals surface area contributed by atoms with Gasteiger partial charge < -0.3 is 10.1 Å². The van der Waals surface area contributed by atoms with Crippen LogP contribution < -0.4 is 10.1 Å². The fraction of sp³-hybridized carbons (Fsp3) is 0.429. The summed E-state index contributed by atoms with van der Waals surface area (Å²) in [6.07, 6.45) is 0. The summed E-state index contributed by atoms with van der Waals surface area (Å²) in [6.45, 7) is 8.97. The molecule has 98 valence electrons. The Balaban J connectivity index is 3.20. The van der Waals surface area contributed by atoms with Crippen LogP contribution in [0.3, 0.4) is 0 Å². The van der Waals surface area contributed by atoms with E-state index in [1.807, 2.05) is 12.1 Å². The van der Waals surface area contributed by atoms with Crippen LogP contribution in [0.25, 0.3) is 0 Å². The van der Waals surface area contributed by atoms with Crippen molar-refractivity contribution in [2.24, 2.45) is 0 Å². The van der Waals surface area contributed by atoms with E-state index in [-0.39, 0.29) is 11.3 Å². The van der Waals surface area contributed by atoms with Crippen LogP contribution in [-0.4, -0.2) is 11.9 Å². The van der Waals surface area contributed by atoms with Gasteiger partial charge >= 0.3 is 5.97 Å². The van der Waals surface area contributed by atoms with Crippen molar-refractivity contribution < 1.29 is 14.3 Å². The van der Waals surface area contributed by atoms with Crippen LogP contribution in [0.15, 0.2) is 18.2 Å². The molecular formula is C14H19NO3. The maximum atomic E-state index is 11.2. The summed E-state index contributed by atoms with van der Waals surface area (Å²) >= 11 is 0. The van der Waals surface area contributed by atoms with Crippen molar-refractivity contribution >= 4 is 17.6 Å². The highest BCUT2D eigenvalue weighted by atomic mass is 16.5. The highest BCUT2D eigenvalue weighted by Crippen LogP contribution is 2.31. The van der Waals surface area contributed by atoms with Gasteiger partial charge in [0, 0.05) is 13.8 Å². The Kier molecular flexibility index (Phi) is 4.11. The monoisotopic (exact) mass is 249 g/mol. The summed E-state index contributed by atoms with van der Waals surface area (Å²) in [5.74, 6) is -0.245.